The van der Waals surface area contributed by atoms with Crippen LogP contribution >= 0.6 is 0 Å². The fourth-order valence-corrected chi connectivity index (χ4v) is 2.82. The molecule has 2 atom stereocenters. The third kappa shape index (κ3) is 2.38. The second-order valence-corrected chi connectivity index (χ2v) is 4.91. The first-order valence-corrected chi connectivity index (χ1v) is 6.49. The molecule has 1 heterocycles. The van der Waals surface area contributed by atoms with Crippen LogP contribution in [0.2, 0.25) is 0 Å². The van der Waals surface area contributed by atoms with Crippen molar-refractivity contribution in [3.8, 4) is 0 Å². The first-order chi connectivity index (χ1) is 9.25. The van der Waals surface area contributed by atoms with Crippen LogP contribution in [0.15, 0.2) is 48.5 Å². The molecule has 19 heavy (non-hydrogen) atoms. The third-order valence-electron chi connectivity index (χ3n) is 3.75. The Morgan fingerprint density at radius 3 is 2.42 bits per heavy atom. The van der Waals surface area contributed by atoms with Crippen LogP contribution in [-0.2, 0) is 0 Å². The highest BCUT2D eigenvalue weighted by molar-refractivity contribution is 5.30. The van der Waals surface area contributed by atoms with E-state index in [0.29, 0.717) is 0 Å². The van der Waals surface area contributed by atoms with E-state index >= 15 is 0 Å². The quantitative estimate of drug-likeness (QED) is 0.865. The Balaban J connectivity index is 1.93. The molecule has 0 aromatic heterocycles. The van der Waals surface area contributed by atoms with Crippen LogP contribution in [0.25, 0.3) is 0 Å². The minimum Gasteiger partial charge on any atom is -0.309 e. The molecule has 0 bridgehead atoms. The summed E-state index contributed by atoms with van der Waals surface area (Å²) in [5.74, 6) is -1.36. The molecular formula is C16H15F2N. The monoisotopic (exact) mass is 259 g/mol. The molecule has 98 valence electrons. The summed E-state index contributed by atoms with van der Waals surface area (Å²) in [6.07, 6.45) is 0.935. The molecule has 2 aromatic rings. The minimum atomic E-state index is -0.786. The SMILES string of the molecule is Fc1ccc(C2CCNC2c2ccccc2)cc1F. The van der Waals surface area contributed by atoms with Crippen molar-refractivity contribution < 1.29 is 8.78 Å². The highest BCUT2D eigenvalue weighted by atomic mass is 19.2. The van der Waals surface area contributed by atoms with Crippen molar-refractivity contribution in [2.24, 2.45) is 0 Å². The molecule has 2 aromatic carbocycles. The van der Waals surface area contributed by atoms with E-state index in [1.807, 2.05) is 18.2 Å². The van der Waals surface area contributed by atoms with E-state index in [1.54, 1.807) is 6.07 Å². The molecule has 0 spiro atoms. The van der Waals surface area contributed by atoms with Gasteiger partial charge in [0.25, 0.3) is 0 Å². The molecule has 3 heteroatoms. The van der Waals surface area contributed by atoms with Gasteiger partial charge in [-0.15, -0.1) is 0 Å². The minimum absolute atomic E-state index is 0.172. The van der Waals surface area contributed by atoms with Gasteiger partial charge in [-0.25, -0.2) is 8.78 Å². The van der Waals surface area contributed by atoms with Crippen LogP contribution < -0.4 is 5.32 Å². The summed E-state index contributed by atoms with van der Waals surface area (Å²) in [5.41, 5.74) is 2.05. The Kier molecular flexibility index (Phi) is 3.30. The van der Waals surface area contributed by atoms with Crippen LogP contribution in [0, 0.1) is 11.6 Å². The van der Waals surface area contributed by atoms with E-state index in [2.05, 4.69) is 17.4 Å². The van der Waals surface area contributed by atoms with Gasteiger partial charge in [0.05, 0.1) is 0 Å². The molecule has 1 aliphatic rings. The first-order valence-electron chi connectivity index (χ1n) is 6.49. The molecule has 1 aliphatic heterocycles. The second kappa shape index (κ2) is 5.10. The second-order valence-electron chi connectivity index (χ2n) is 4.91. The van der Waals surface area contributed by atoms with Gasteiger partial charge in [-0.1, -0.05) is 36.4 Å². The number of benzene rings is 2. The van der Waals surface area contributed by atoms with Gasteiger partial charge in [0.2, 0.25) is 0 Å². The summed E-state index contributed by atoms with van der Waals surface area (Å²) in [7, 11) is 0. The topological polar surface area (TPSA) is 12.0 Å². The Bertz CT molecular complexity index is 568. The third-order valence-corrected chi connectivity index (χ3v) is 3.75. The summed E-state index contributed by atoms with van der Waals surface area (Å²) >= 11 is 0. The zero-order valence-corrected chi connectivity index (χ0v) is 10.4. The molecule has 2 unspecified atom stereocenters. The van der Waals surface area contributed by atoms with Crippen LogP contribution in [0.4, 0.5) is 8.78 Å². The summed E-state index contributed by atoms with van der Waals surface area (Å²) < 4.78 is 26.4. The normalized spacial score (nSPS) is 22.6. The average Bonchev–Trinajstić information content (AvgIpc) is 2.92. The highest BCUT2D eigenvalue weighted by Crippen LogP contribution is 2.37. The zero-order chi connectivity index (χ0) is 13.2. The van der Waals surface area contributed by atoms with Gasteiger partial charge >= 0.3 is 0 Å². The number of nitrogens with one attached hydrogen (secondary N) is 1. The van der Waals surface area contributed by atoms with Gasteiger partial charge in [0.15, 0.2) is 11.6 Å². The van der Waals surface area contributed by atoms with Gasteiger partial charge in [-0.05, 0) is 36.2 Å². The molecule has 0 saturated carbocycles. The molecule has 0 amide bonds. The van der Waals surface area contributed by atoms with Gasteiger partial charge in [0, 0.05) is 12.0 Å². The van der Waals surface area contributed by atoms with E-state index in [9.17, 15) is 8.78 Å². The van der Waals surface area contributed by atoms with E-state index in [0.717, 1.165) is 18.5 Å². The fourth-order valence-electron chi connectivity index (χ4n) is 2.82. The molecule has 0 aliphatic carbocycles. The smallest absolute Gasteiger partial charge is 0.159 e. The fraction of sp³-hybridized carbons (Fsp3) is 0.250. The Hall–Kier alpha value is -1.74. The highest BCUT2D eigenvalue weighted by Gasteiger charge is 2.29. The van der Waals surface area contributed by atoms with Gasteiger partial charge in [0.1, 0.15) is 0 Å². The van der Waals surface area contributed by atoms with Crippen LogP contribution in [0.5, 0.6) is 0 Å². The maximum atomic E-state index is 13.4. The van der Waals surface area contributed by atoms with Crippen LogP contribution in [0.3, 0.4) is 0 Å². The van der Waals surface area contributed by atoms with Crippen molar-refractivity contribution in [2.45, 2.75) is 18.4 Å². The van der Waals surface area contributed by atoms with Gasteiger partial charge in [-0.2, -0.15) is 0 Å². The summed E-state index contributed by atoms with van der Waals surface area (Å²) in [5, 5.41) is 3.44. The lowest BCUT2D eigenvalue weighted by Gasteiger charge is -2.20. The van der Waals surface area contributed by atoms with Crippen molar-refractivity contribution in [1.82, 2.24) is 5.32 Å². The van der Waals surface area contributed by atoms with Crippen molar-refractivity contribution >= 4 is 0 Å². The number of rotatable bonds is 2. The number of halogens is 2. The van der Waals surface area contributed by atoms with Crippen molar-refractivity contribution in [3.05, 3.63) is 71.3 Å². The molecule has 1 N–H and O–H groups in total. The van der Waals surface area contributed by atoms with Crippen LogP contribution in [0.1, 0.15) is 29.5 Å². The van der Waals surface area contributed by atoms with Crippen molar-refractivity contribution in [2.75, 3.05) is 6.54 Å². The first kappa shape index (κ1) is 12.3. The lowest BCUT2D eigenvalue weighted by atomic mass is 9.88. The predicted molar refractivity (Wildman–Crippen MR) is 70.9 cm³/mol. The lowest BCUT2D eigenvalue weighted by molar-refractivity contribution is 0.501. The van der Waals surface area contributed by atoms with Gasteiger partial charge in [-0.3, -0.25) is 0 Å². The standard InChI is InChI=1S/C16H15F2N/c17-14-7-6-12(10-15(14)18)13-8-9-19-16(13)11-4-2-1-3-5-11/h1-7,10,13,16,19H,8-9H2. The summed E-state index contributed by atoms with van der Waals surface area (Å²) in [4.78, 5) is 0. The van der Waals surface area contributed by atoms with Crippen molar-refractivity contribution in [1.29, 1.82) is 0 Å². The molecule has 1 saturated heterocycles. The lowest BCUT2D eigenvalue weighted by Crippen LogP contribution is -2.17. The number of hydrogen-bond acceptors (Lipinski definition) is 1. The van der Waals surface area contributed by atoms with E-state index in [1.165, 1.54) is 17.7 Å². The van der Waals surface area contributed by atoms with E-state index in [-0.39, 0.29) is 12.0 Å². The molecule has 1 nitrogen and oxygen atoms in total. The predicted octanol–water partition coefficient (Wildman–Crippen LogP) is 3.78. The average molecular weight is 259 g/mol. The zero-order valence-electron chi connectivity index (χ0n) is 10.4. The maximum absolute atomic E-state index is 13.4. The molecular weight excluding hydrogens is 244 g/mol. The van der Waals surface area contributed by atoms with E-state index in [4.69, 9.17) is 0 Å². The van der Waals surface area contributed by atoms with Crippen molar-refractivity contribution in [3.63, 3.8) is 0 Å². The largest absolute Gasteiger partial charge is 0.309 e. The summed E-state index contributed by atoms with van der Waals surface area (Å²) in [6.45, 7) is 0.892. The summed E-state index contributed by atoms with van der Waals surface area (Å²) in [6, 6.07) is 14.5. The Morgan fingerprint density at radius 2 is 1.68 bits per heavy atom. The molecule has 1 fully saturated rings. The number of hydrogen-bond donors (Lipinski definition) is 1. The Morgan fingerprint density at radius 1 is 0.895 bits per heavy atom. The Labute approximate surface area is 111 Å². The molecule has 0 radical (unpaired) electrons. The maximum Gasteiger partial charge on any atom is 0.159 e. The van der Waals surface area contributed by atoms with Gasteiger partial charge < -0.3 is 5.32 Å². The molecule has 3 rings (SSSR count). The van der Waals surface area contributed by atoms with Crippen LogP contribution in [-0.4, -0.2) is 6.54 Å². The van der Waals surface area contributed by atoms with E-state index < -0.39 is 11.6 Å².